The molecular weight excluding hydrogens is 336 g/mol. The standard InChI is InChI=1S/C20H30O4S/c1-4-22-20(23-5-2)15-14-17(19(21)25-6-3)18(24-20)13-12-16-10-8-7-9-11-16/h7-11,17-18H,4-6,12-15H2,1-3H3/t17-,18+/m0/s1. The molecule has 1 fully saturated rings. The van der Waals surface area contributed by atoms with Gasteiger partial charge in [0.2, 0.25) is 0 Å². The first-order valence-corrected chi connectivity index (χ1v) is 10.3. The van der Waals surface area contributed by atoms with Crippen LogP contribution in [0.4, 0.5) is 0 Å². The van der Waals surface area contributed by atoms with E-state index in [-0.39, 0.29) is 17.1 Å². The van der Waals surface area contributed by atoms with Crippen molar-refractivity contribution >= 4 is 16.9 Å². The van der Waals surface area contributed by atoms with E-state index in [4.69, 9.17) is 14.2 Å². The van der Waals surface area contributed by atoms with Crippen LogP contribution in [0.3, 0.4) is 0 Å². The second-order valence-electron chi connectivity index (χ2n) is 6.13. The van der Waals surface area contributed by atoms with Gasteiger partial charge in [-0.25, -0.2) is 0 Å². The molecule has 0 amide bonds. The van der Waals surface area contributed by atoms with E-state index in [9.17, 15) is 4.79 Å². The summed E-state index contributed by atoms with van der Waals surface area (Å²) in [4.78, 5) is 12.5. The number of carbonyl (C=O) groups is 1. The molecule has 140 valence electrons. The van der Waals surface area contributed by atoms with E-state index in [1.54, 1.807) is 0 Å². The molecule has 1 aliphatic heterocycles. The van der Waals surface area contributed by atoms with Crippen LogP contribution >= 0.6 is 11.8 Å². The van der Waals surface area contributed by atoms with Crippen LogP contribution in [0.2, 0.25) is 0 Å². The topological polar surface area (TPSA) is 44.8 Å². The second-order valence-corrected chi connectivity index (χ2v) is 7.40. The maximum atomic E-state index is 12.5. The summed E-state index contributed by atoms with van der Waals surface area (Å²) < 4.78 is 17.9. The SMILES string of the molecule is CCOC1(OCC)CC[C@H](C(=O)SCC)[C@@H](CCc2ccccc2)O1. The van der Waals surface area contributed by atoms with Gasteiger partial charge in [-0.3, -0.25) is 4.79 Å². The van der Waals surface area contributed by atoms with Crippen molar-refractivity contribution in [2.75, 3.05) is 19.0 Å². The zero-order valence-corrected chi connectivity index (χ0v) is 16.3. The van der Waals surface area contributed by atoms with Gasteiger partial charge >= 0.3 is 0 Å². The number of rotatable bonds is 9. The fourth-order valence-electron chi connectivity index (χ4n) is 3.32. The van der Waals surface area contributed by atoms with Crippen molar-refractivity contribution in [1.29, 1.82) is 0 Å². The Morgan fingerprint density at radius 2 is 1.88 bits per heavy atom. The Morgan fingerprint density at radius 1 is 1.20 bits per heavy atom. The van der Waals surface area contributed by atoms with Crippen molar-refractivity contribution < 1.29 is 19.0 Å². The molecule has 0 spiro atoms. The van der Waals surface area contributed by atoms with Crippen LogP contribution in [0, 0.1) is 5.92 Å². The largest absolute Gasteiger partial charge is 0.328 e. The van der Waals surface area contributed by atoms with E-state index in [1.165, 1.54) is 17.3 Å². The summed E-state index contributed by atoms with van der Waals surface area (Å²) in [5, 5.41) is 0.224. The Balaban J connectivity index is 2.11. The van der Waals surface area contributed by atoms with Gasteiger partial charge < -0.3 is 14.2 Å². The van der Waals surface area contributed by atoms with Gasteiger partial charge in [0.1, 0.15) is 0 Å². The van der Waals surface area contributed by atoms with Gasteiger partial charge in [0.05, 0.1) is 12.0 Å². The molecule has 0 saturated carbocycles. The van der Waals surface area contributed by atoms with Gasteiger partial charge in [-0.2, -0.15) is 0 Å². The Hall–Kier alpha value is -0.880. The van der Waals surface area contributed by atoms with Crippen LogP contribution in [0.25, 0.3) is 0 Å². The molecule has 1 aliphatic rings. The summed E-state index contributed by atoms with van der Waals surface area (Å²) in [6.45, 7) is 6.93. The molecule has 0 N–H and O–H groups in total. The number of benzene rings is 1. The highest BCUT2D eigenvalue weighted by Crippen LogP contribution is 2.38. The number of aryl methyl sites for hydroxylation is 1. The first kappa shape index (κ1) is 20.4. The Morgan fingerprint density at radius 3 is 2.48 bits per heavy atom. The van der Waals surface area contributed by atoms with Crippen LogP contribution in [0.15, 0.2) is 30.3 Å². The first-order chi connectivity index (χ1) is 12.1. The van der Waals surface area contributed by atoms with Gasteiger partial charge in [0, 0.05) is 19.6 Å². The quantitative estimate of drug-likeness (QED) is 0.605. The molecule has 1 aromatic carbocycles. The molecule has 1 aromatic rings. The number of ether oxygens (including phenoxy) is 3. The number of hydrogen-bond acceptors (Lipinski definition) is 5. The third-order valence-electron chi connectivity index (χ3n) is 4.42. The summed E-state index contributed by atoms with van der Waals surface area (Å²) >= 11 is 1.39. The van der Waals surface area contributed by atoms with Crippen molar-refractivity contribution in [3.05, 3.63) is 35.9 Å². The summed E-state index contributed by atoms with van der Waals surface area (Å²) in [6, 6.07) is 10.3. The molecule has 1 heterocycles. The van der Waals surface area contributed by atoms with Crippen LogP contribution in [-0.4, -0.2) is 36.2 Å². The highest BCUT2D eigenvalue weighted by Gasteiger charge is 2.45. The highest BCUT2D eigenvalue weighted by atomic mass is 32.2. The smallest absolute Gasteiger partial charge is 0.283 e. The van der Waals surface area contributed by atoms with Gasteiger partial charge in [-0.15, -0.1) is 0 Å². The fraction of sp³-hybridized carbons (Fsp3) is 0.650. The van der Waals surface area contributed by atoms with Crippen LogP contribution in [0.5, 0.6) is 0 Å². The van der Waals surface area contributed by atoms with Crippen LogP contribution < -0.4 is 0 Å². The molecule has 2 rings (SSSR count). The second kappa shape index (κ2) is 10.3. The maximum Gasteiger partial charge on any atom is 0.283 e. The Labute approximate surface area is 155 Å². The van der Waals surface area contributed by atoms with Crippen molar-refractivity contribution in [3.8, 4) is 0 Å². The van der Waals surface area contributed by atoms with E-state index >= 15 is 0 Å². The lowest BCUT2D eigenvalue weighted by molar-refractivity contribution is -0.410. The molecule has 0 aliphatic carbocycles. The average molecular weight is 367 g/mol. The average Bonchev–Trinajstić information content (AvgIpc) is 2.61. The van der Waals surface area contributed by atoms with Crippen molar-refractivity contribution in [2.24, 2.45) is 5.92 Å². The molecule has 0 radical (unpaired) electrons. The molecule has 25 heavy (non-hydrogen) atoms. The van der Waals surface area contributed by atoms with Crippen molar-refractivity contribution in [3.63, 3.8) is 0 Å². The normalized spacial score (nSPS) is 22.7. The molecule has 0 aromatic heterocycles. The summed E-state index contributed by atoms with van der Waals surface area (Å²) in [7, 11) is 0. The van der Waals surface area contributed by atoms with Gasteiger partial charge in [-0.1, -0.05) is 49.0 Å². The fourth-order valence-corrected chi connectivity index (χ4v) is 4.08. The molecule has 4 nitrogen and oxygen atoms in total. The number of hydrogen-bond donors (Lipinski definition) is 0. The maximum absolute atomic E-state index is 12.5. The Kier molecular flexibility index (Phi) is 8.43. The summed E-state index contributed by atoms with van der Waals surface area (Å²) in [6.07, 6.45) is 2.81. The van der Waals surface area contributed by atoms with Gasteiger partial charge in [-0.05, 0) is 44.4 Å². The molecule has 5 heteroatoms. The van der Waals surface area contributed by atoms with E-state index < -0.39 is 5.97 Å². The summed E-state index contributed by atoms with van der Waals surface area (Å²) in [5.74, 6) is -0.302. The van der Waals surface area contributed by atoms with E-state index in [1.807, 2.05) is 39.0 Å². The molecular formula is C20H30O4S. The van der Waals surface area contributed by atoms with Gasteiger partial charge in [0.15, 0.2) is 5.12 Å². The third-order valence-corrected chi connectivity index (χ3v) is 5.30. The number of carbonyl (C=O) groups excluding carboxylic acids is 1. The van der Waals surface area contributed by atoms with Crippen LogP contribution in [0.1, 0.15) is 45.6 Å². The minimum absolute atomic E-state index is 0.0947. The monoisotopic (exact) mass is 366 g/mol. The predicted molar refractivity (Wildman–Crippen MR) is 101 cm³/mol. The molecule has 1 saturated heterocycles. The lowest BCUT2D eigenvalue weighted by Gasteiger charge is -2.43. The zero-order valence-electron chi connectivity index (χ0n) is 15.5. The lowest BCUT2D eigenvalue weighted by atomic mass is 9.90. The minimum Gasteiger partial charge on any atom is -0.328 e. The minimum atomic E-state index is -1.00. The number of thioether (sulfide) groups is 1. The van der Waals surface area contributed by atoms with Crippen molar-refractivity contribution in [2.45, 2.75) is 58.5 Å². The Bertz CT molecular complexity index is 514. The van der Waals surface area contributed by atoms with Crippen LogP contribution in [-0.2, 0) is 25.4 Å². The zero-order chi connectivity index (χ0) is 18.1. The predicted octanol–water partition coefficient (Wildman–Crippen LogP) is 4.42. The van der Waals surface area contributed by atoms with E-state index in [0.29, 0.717) is 19.6 Å². The van der Waals surface area contributed by atoms with E-state index in [0.717, 1.165) is 25.0 Å². The summed E-state index contributed by atoms with van der Waals surface area (Å²) in [5.41, 5.74) is 1.25. The molecule has 0 bridgehead atoms. The lowest BCUT2D eigenvalue weighted by Crippen LogP contribution is -2.50. The van der Waals surface area contributed by atoms with E-state index in [2.05, 4.69) is 12.1 Å². The highest BCUT2D eigenvalue weighted by molar-refractivity contribution is 8.13. The van der Waals surface area contributed by atoms with Gasteiger partial charge in [0.25, 0.3) is 5.97 Å². The molecule has 0 unspecified atom stereocenters. The van der Waals surface area contributed by atoms with Crippen molar-refractivity contribution in [1.82, 2.24) is 0 Å². The third kappa shape index (κ3) is 5.81. The molecule has 2 atom stereocenters. The first-order valence-electron chi connectivity index (χ1n) is 9.30.